The van der Waals surface area contributed by atoms with Gasteiger partial charge in [-0.3, -0.25) is 9.69 Å². The van der Waals surface area contributed by atoms with Crippen LogP contribution in [0, 0.1) is 5.41 Å². The van der Waals surface area contributed by atoms with Gasteiger partial charge in [-0.1, -0.05) is 0 Å². The maximum atomic E-state index is 12.6. The number of ether oxygens (including phenoxy) is 2. The first-order valence-electron chi connectivity index (χ1n) is 9.92. The zero-order valence-corrected chi connectivity index (χ0v) is 17.1. The van der Waals surface area contributed by atoms with Gasteiger partial charge >= 0.3 is 0 Å². The highest BCUT2D eigenvalue weighted by molar-refractivity contribution is 5.90. The van der Waals surface area contributed by atoms with Gasteiger partial charge in [-0.15, -0.1) is 0 Å². The van der Waals surface area contributed by atoms with Crippen LogP contribution in [-0.4, -0.2) is 89.1 Å². The van der Waals surface area contributed by atoms with E-state index in [-0.39, 0.29) is 17.4 Å². The van der Waals surface area contributed by atoms with Crippen molar-refractivity contribution in [1.82, 2.24) is 24.6 Å². The topological polar surface area (TPSA) is 72.7 Å². The molecule has 1 aromatic heterocycles. The summed E-state index contributed by atoms with van der Waals surface area (Å²) in [6.45, 7) is 9.40. The van der Waals surface area contributed by atoms with Gasteiger partial charge in [0.2, 0.25) is 5.82 Å². The lowest BCUT2D eigenvalue weighted by atomic mass is 9.76. The van der Waals surface area contributed by atoms with Crippen molar-refractivity contribution in [3.8, 4) is 0 Å². The molecule has 0 radical (unpaired) electrons. The van der Waals surface area contributed by atoms with E-state index in [1.807, 2.05) is 4.90 Å². The van der Waals surface area contributed by atoms with Crippen molar-refractivity contribution in [1.29, 1.82) is 0 Å². The summed E-state index contributed by atoms with van der Waals surface area (Å²) in [7, 11) is 3.50. The molecule has 1 spiro atoms. The van der Waals surface area contributed by atoms with Crippen molar-refractivity contribution >= 4 is 5.91 Å². The van der Waals surface area contributed by atoms with E-state index in [0.717, 1.165) is 58.7 Å². The van der Waals surface area contributed by atoms with Crippen LogP contribution in [0.3, 0.4) is 0 Å². The van der Waals surface area contributed by atoms with Gasteiger partial charge in [0, 0.05) is 46.4 Å². The summed E-state index contributed by atoms with van der Waals surface area (Å²) in [5.74, 6) is 0.392. The van der Waals surface area contributed by atoms with Crippen molar-refractivity contribution in [3.05, 3.63) is 12.2 Å². The number of hydrogen-bond acceptors (Lipinski definition) is 6. The molecule has 8 nitrogen and oxygen atoms in total. The van der Waals surface area contributed by atoms with E-state index < -0.39 is 0 Å². The molecular weight excluding hydrogens is 346 g/mol. The number of piperidine rings is 1. The molecule has 152 valence electrons. The molecule has 2 aliphatic rings. The van der Waals surface area contributed by atoms with E-state index in [2.05, 4.69) is 28.8 Å². The van der Waals surface area contributed by atoms with E-state index in [9.17, 15) is 4.79 Å². The maximum absolute atomic E-state index is 12.6. The number of rotatable bonds is 7. The zero-order chi connectivity index (χ0) is 19.4. The smallest absolute Gasteiger partial charge is 0.291 e. The van der Waals surface area contributed by atoms with E-state index in [1.165, 1.54) is 6.33 Å². The van der Waals surface area contributed by atoms with E-state index in [4.69, 9.17) is 9.47 Å². The van der Waals surface area contributed by atoms with Crippen LogP contribution >= 0.6 is 0 Å². The predicted molar refractivity (Wildman–Crippen MR) is 102 cm³/mol. The number of hydrogen-bond donors (Lipinski definition) is 0. The van der Waals surface area contributed by atoms with Crippen molar-refractivity contribution in [2.45, 2.75) is 45.3 Å². The molecule has 27 heavy (non-hydrogen) atoms. The molecule has 2 saturated heterocycles. The fraction of sp³-hybridized carbons (Fsp3) is 0.842. The van der Waals surface area contributed by atoms with Crippen LogP contribution < -0.4 is 0 Å². The minimum Gasteiger partial charge on any atom is -0.383 e. The van der Waals surface area contributed by atoms with Crippen LogP contribution in [0.25, 0.3) is 0 Å². The summed E-state index contributed by atoms with van der Waals surface area (Å²) in [5.41, 5.74) is 0.214. The normalized spacial score (nSPS) is 22.3. The lowest BCUT2D eigenvalue weighted by Crippen LogP contribution is -2.44. The third-order valence-corrected chi connectivity index (χ3v) is 6.05. The molecule has 3 heterocycles. The molecule has 1 amide bonds. The summed E-state index contributed by atoms with van der Waals surface area (Å²) >= 11 is 0. The fourth-order valence-corrected chi connectivity index (χ4v) is 4.21. The van der Waals surface area contributed by atoms with E-state index >= 15 is 0 Å². The average Bonchev–Trinajstić information content (AvgIpc) is 3.25. The Morgan fingerprint density at radius 1 is 1.44 bits per heavy atom. The summed E-state index contributed by atoms with van der Waals surface area (Å²) < 4.78 is 13.0. The first kappa shape index (κ1) is 20.2. The lowest BCUT2D eigenvalue weighted by Gasteiger charge is -2.38. The van der Waals surface area contributed by atoms with Gasteiger partial charge < -0.3 is 14.4 Å². The van der Waals surface area contributed by atoms with Crippen molar-refractivity contribution < 1.29 is 14.3 Å². The Labute approximate surface area is 161 Å². The quantitative estimate of drug-likeness (QED) is 0.708. The Hall–Kier alpha value is -1.51. The van der Waals surface area contributed by atoms with Gasteiger partial charge in [-0.2, -0.15) is 5.10 Å². The molecule has 0 bridgehead atoms. The summed E-state index contributed by atoms with van der Waals surface area (Å²) in [6, 6.07) is 0.478. The number of aromatic nitrogens is 3. The van der Waals surface area contributed by atoms with Crippen LogP contribution in [0.15, 0.2) is 6.33 Å². The van der Waals surface area contributed by atoms with Crippen LogP contribution in [0.4, 0.5) is 0 Å². The Kier molecular flexibility index (Phi) is 6.49. The van der Waals surface area contributed by atoms with Crippen molar-refractivity contribution in [2.24, 2.45) is 12.5 Å². The van der Waals surface area contributed by atoms with Gasteiger partial charge in [0.1, 0.15) is 6.33 Å². The minimum atomic E-state index is -0.0223. The molecule has 0 N–H and O–H groups in total. The summed E-state index contributed by atoms with van der Waals surface area (Å²) in [5, 5.41) is 4.00. The monoisotopic (exact) mass is 379 g/mol. The number of amides is 1. The maximum Gasteiger partial charge on any atom is 0.291 e. The standard InChI is InChI=1S/C19H33N5O3/c1-15(2)24(9-10-26-4)12-16-11-19(13-27-16)5-7-23(8-6-19)18(25)17-20-14-21-22(17)3/h14-16H,5-13H2,1-4H3/t16-/m1/s1. The number of nitrogens with zero attached hydrogens (tertiary/aromatic N) is 5. The molecule has 0 aliphatic carbocycles. The van der Waals surface area contributed by atoms with Crippen LogP contribution in [0.5, 0.6) is 0 Å². The number of carbonyl (C=O) groups is 1. The average molecular weight is 380 g/mol. The van der Waals surface area contributed by atoms with E-state index in [1.54, 1.807) is 18.8 Å². The number of methoxy groups -OCH3 is 1. The first-order valence-corrected chi connectivity index (χ1v) is 9.92. The van der Waals surface area contributed by atoms with E-state index in [0.29, 0.717) is 11.9 Å². The second-order valence-corrected chi connectivity index (χ2v) is 8.22. The molecule has 1 aromatic rings. The van der Waals surface area contributed by atoms with Gasteiger partial charge in [-0.25, -0.2) is 9.67 Å². The molecule has 2 aliphatic heterocycles. The zero-order valence-electron chi connectivity index (χ0n) is 17.1. The second kappa shape index (κ2) is 8.67. The van der Waals surface area contributed by atoms with Crippen LogP contribution in [0.2, 0.25) is 0 Å². The highest BCUT2D eigenvalue weighted by Crippen LogP contribution is 2.42. The molecular formula is C19H33N5O3. The molecule has 3 rings (SSSR count). The molecule has 0 aromatic carbocycles. The Morgan fingerprint density at radius 3 is 2.78 bits per heavy atom. The molecule has 2 fully saturated rings. The summed E-state index contributed by atoms with van der Waals surface area (Å²) in [4.78, 5) is 21.0. The highest BCUT2D eigenvalue weighted by Gasteiger charge is 2.43. The number of aryl methyl sites for hydroxylation is 1. The minimum absolute atomic E-state index is 0.0223. The van der Waals surface area contributed by atoms with Gasteiger partial charge in [-0.05, 0) is 38.5 Å². The summed E-state index contributed by atoms with van der Waals surface area (Å²) in [6.07, 6.45) is 4.76. The van der Waals surface area contributed by atoms with Gasteiger partial charge in [0.05, 0.1) is 19.3 Å². The number of likely N-dealkylation sites (tertiary alicyclic amines) is 1. The predicted octanol–water partition coefficient (Wildman–Crippen LogP) is 1.18. The Balaban J connectivity index is 1.51. The fourth-order valence-electron chi connectivity index (χ4n) is 4.21. The van der Waals surface area contributed by atoms with Crippen molar-refractivity contribution in [2.75, 3.05) is 46.5 Å². The van der Waals surface area contributed by atoms with Gasteiger partial charge in [0.25, 0.3) is 5.91 Å². The van der Waals surface area contributed by atoms with Crippen LogP contribution in [0.1, 0.15) is 43.7 Å². The number of carbonyl (C=O) groups excluding carboxylic acids is 1. The SMILES string of the molecule is COCCN(C[C@H]1CC2(CCN(C(=O)c3ncnn3C)CC2)CO1)C(C)C. The molecule has 0 unspecified atom stereocenters. The molecule has 0 saturated carbocycles. The third kappa shape index (κ3) is 4.67. The van der Waals surface area contributed by atoms with Crippen molar-refractivity contribution in [3.63, 3.8) is 0 Å². The highest BCUT2D eigenvalue weighted by atomic mass is 16.5. The van der Waals surface area contributed by atoms with Crippen LogP contribution in [-0.2, 0) is 16.5 Å². The Morgan fingerprint density at radius 2 is 2.19 bits per heavy atom. The molecule has 1 atom stereocenters. The lowest BCUT2D eigenvalue weighted by molar-refractivity contribution is 0.0362. The largest absolute Gasteiger partial charge is 0.383 e. The van der Waals surface area contributed by atoms with Gasteiger partial charge in [0.15, 0.2) is 0 Å². The second-order valence-electron chi connectivity index (χ2n) is 8.22. The Bertz CT molecular complexity index is 625. The first-order chi connectivity index (χ1) is 12.9. The molecule has 8 heteroatoms. The third-order valence-electron chi connectivity index (χ3n) is 6.05.